The van der Waals surface area contributed by atoms with E-state index in [1.807, 2.05) is 6.08 Å². The van der Waals surface area contributed by atoms with E-state index in [4.69, 9.17) is 4.74 Å². The lowest BCUT2D eigenvalue weighted by molar-refractivity contribution is -0.147. The van der Waals surface area contributed by atoms with Gasteiger partial charge in [-0.05, 0) is 49.5 Å². The average molecular weight is 358 g/mol. The summed E-state index contributed by atoms with van der Waals surface area (Å²) < 4.78 is 5.07. The highest BCUT2D eigenvalue weighted by molar-refractivity contribution is 7.16. The minimum atomic E-state index is -0.390. The minimum Gasteiger partial charge on any atom is -0.456 e. The number of ether oxygens (including phenoxy) is 1. The third-order valence-corrected chi connectivity index (χ3v) is 5.95. The number of fused-ring (bicyclic) bond motifs is 1. The second-order valence-electron chi connectivity index (χ2n) is 6.85. The van der Waals surface area contributed by atoms with Gasteiger partial charge in [-0.15, -0.1) is 11.3 Å². The Labute approximate surface area is 151 Å². The molecule has 0 saturated carbocycles. The summed E-state index contributed by atoms with van der Waals surface area (Å²) in [5, 5.41) is 12.8. The quantitative estimate of drug-likeness (QED) is 0.644. The molecule has 0 radical (unpaired) electrons. The zero-order chi connectivity index (χ0) is 17.8. The molecule has 1 N–H and O–H groups in total. The molecule has 2 aliphatic carbocycles. The van der Waals surface area contributed by atoms with Crippen molar-refractivity contribution in [2.75, 3.05) is 11.9 Å². The number of hydrogen-bond donors (Lipinski definition) is 1. The Bertz CT molecular complexity index is 745. The molecule has 0 aliphatic heterocycles. The van der Waals surface area contributed by atoms with Crippen LogP contribution in [0, 0.1) is 23.2 Å². The van der Waals surface area contributed by atoms with Gasteiger partial charge in [-0.2, -0.15) is 5.26 Å². The third-order valence-electron chi connectivity index (χ3n) is 4.78. The van der Waals surface area contributed by atoms with Crippen LogP contribution >= 0.6 is 11.3 Å². The van der Waals surface area contributed by atoms with Crippen LogP contribution in [0.1, 0.15) is 48.6 Å². The highest BCUT2D eigenvalue weighted by Crippen LogP contribution is 2.39. The van der Waals surface area contributed by atoms with Crippen LogP contribution in [0.3, 0.4) is 0 Å². The predicted octanol–water partition coefficient (Wildman–Crippen LogP) is 3.58. The lowest BCUT2D eigenvalue weighted by atomic mass is 9.89. The summed E-state index contributed by atoms with van der Waals surface area (Å²) in [6, 6.07) is 2.22. The van der Waals surface area contributed by atoms with Gasteiger partial charge in [0.05, 0.1) is 12.0 Å². The number of nitrogens with one attached hydrogen (secondary N) is 1. The molecule has 1 aromatic heterocycles. The molecule has 0 spiro atoms. The maximum absolute atomic E-state index is 12.1. The van der Waals surface area contributed by atoms with E-state index in [2.05, 4.69) is 24.4 Å². The number of esters is 1. The molecular formula is C19H22N2O3S. The summed E-state index contributed by atoms with van der Waals surface area (Å²) in [7, 11) is 0. The van der Waals surface area contributed by atoms with Crippen molar-refractivity contribution in [3.05, 3.63) is 28.2 Å². The van der Waals surface area contributed by atoms with Crippen molar-refractivity contribution < 1.29 is 14.3 Å². The van der Waals surface area contributed by atoms with Crippen LogP contribution in [-0.4, -0.2) is 18.5 Å². The van der Waals surface area contributed by atoms with Gasteiger partial charge >= 0.3 is 5.97 Å². The fraction of sp³-hybridized carbons (Fsp3) is 0.526. The molecule has 0 aromatic carbocycles. The SMILES string of the molecule is C[C@@H]1CCc2c(sc(NC(=O)COC(=O)C[C@@H]3C=CCC3)c2C#N)C1. The lowest BCUT2D eigenvalue weighted by Gasteiger charge is -2.17. The molecule has 6 heteroatoms. The molecule has 132 valence electrons. The summed E-state index contributed by atoms with van der Waals surface area (Å²) in [5.41, 5.74) is 1.65. The number of carbonyl (C=O) groups excluding carboxylic acids is 2. The van der Waals surface area contributed by atoms with E-state index in [1.54, 1.807) is 0 Å². The van der Waals surface area contributed by atoms with Gasteiger partial charge in [0.1, 0.15) is 11.1 Å². The molecule has 3 rings (SSSR count). The van der Waals surface area contributed by atoms with Gasteiger partial charge in [-0.3, -0.25) is 9.59 Å². The summed E-state index contributed by atoms with van der Waals surface area (Å²) >= 11 is 1.47. The first kappa shape index (κ1) is 17.7. The Morgan fingerprint density at radius 3 is 3.00 bits per heavy atom. The first-order valence-corrected chi connectivity index (χ1v) is 9.55. The van der Waals surface area contributed by atoms with Gasteiger partial charge in [-0.1, -0.05) is 19.1 Å². The fourth-order valence-electron chi connectivity index (χ4n) is 3.40. The second-order valence-corrected chi connectivity index (χ2v) is 7.95. The Kier molecular flexibility index (Phi) is 5.54. The van der Waals surface area contributed by atoms with E-state index in [9.17, 15) is 14.9 Å². The standard InChI is InChI=1S/C19H22N2O3S/c1-12-6-7-14-15(10-20)19(25-16(14)8-12)21-17(22)11-24-18(23)9-13-4-2-3-5-13/h2,4,12-13H,3,5-9,11H2,1H3,(H,21,22)/t12-,13-/m1/s1. The molecule has 1 aromatic rings. The van der Waals surface area contributed by atoms with Crippen molar-refractivity contribution in [3.8, 4) is 6.07 Å². The first-order valence-electron chi connectivity index (χ1n) is 8.73. The van der Waals surface area contributed by atoms with Crippen LogP contribution in [0.25, 0.3) is 0 Å². The van der Waals surface area contributed by atoms with Gasteiger partial charge in [-0.25, -0.2) is 0 Å². The van der Waals surface area contributed by atoms with Crippen LogP contribution in [0.4, 0.5) is 5.00 Å². The van der Waals surface area contributed by atoms with Crippen molar-refractivity contribution in [3.63, 3.8) is 0 Å². The zero-order valence-electron chi connectivity index (χ0n) is 14.3. The lowest BCUT2D eigenvalue weighted by Crippen LogP contribution is -2.21. The Morgan fingerprint density at radius 1 is 1.44 bits per heavy atom. The van der Waals surface area contributed by atoms with E-state index >= 15 is 0 Å². The molecule has 1 heterocycles. The van der Waals surface area contributed by atoms with Crippen LogP contribution in [-0.2, 0) is 27.2 Å². The molecule has 0 bridgehead atoms. The van der Waals surface area contributed by atoms with E-state index < -0.39 is 5.91 Å². The maximum Gasteiger partial charge on any atom is 0.306 e. The number of carbonyl (C=O) groups is 2. The van der Waals surface area contributed by atoms with Gasteiger partial charge in [0, 0.05) is 4.88 Å². The van der Waals surface area contributed by atoms with E-state index in [-0.39, 0.29) is 18.5 Å². The molecule has 0 fully saturated rings. The van der Waals surface area contributed by atoms with Crippen molar-refractivity contribution in [1.29, 1.82) is 5.26 Å². The van der Waals surface area contributed by atoms with Crippen molar-refractivity contribution in [2.24, 2.45) is 11.8 Å². The molecule has 0 unspecified atom stereocenters. The van der Waals surface area contributed by atoms with Crippen molar-refractivity contribution >= 4 is 28.2 Å². The maximum atomic E-state index is 12.1. The molecule has 5 nitrogen and oxygen atoms in total. The molecule has 2 atom stereocenters. The predicted molar refractivity (Wildman–Crippen MR) is 96.3 cm³/mol. The highest BCUT2D eigenvalue weighted by Gasteiger charge is 2.25. The van der Waals surface area contributed by atoms with Crippen molar-refractivity contribution in [2.45, 2.75) is 45.4 Å². The summed E-state index contributed by atoms with van der Waals surface area (Å²) in [4.78, 5) is 25.1. The summed E-state index contributed by atoms with van der Waals surface area (Å²) in [6.07, 6.45) is 9.27. The van der Waals surface area contributed by atoms with Crippen LogP contribution in [0.5, 0.6) is 0 Å². The number of nitriles is 1. The van der Waals surface area contributed by atoms with E-state index in [0.717, 1.165) is 37.7 Å². The number of hydrogen-bond acceptors (Lipinski definition) is 5. The van der Waals surface area contributed by atoms with Crippen LogP contribution in [0.2, 0.25) is 0 Å². The largest absolute Gasteiger partial charge is 0.456 e. The smallest absolute Gasteiger partial charge is 0.306 e. The first-order chi connectivity index (χ1) is 12.1. The number of anilines is 1. The molecule has 2 aliphatic rings. The number of thiophene rings is 1. The second kappa shape index (κ2) is 7.83. The average Bonchev–Trinajstić information content (AvgIpc) is 3.19. The zero-order valence-corrected chi connectivity index (χ0v) is 15.2. The number of amides is 1. The van der Waals surface area contributed by atoms with Crippen LogP contribution in [0.15, 0.2) is 12.2 Å². The number of allylic oxidation sites excluding steroid dienone is 2. The molecule has 25 heavy (non-hydrogen) atoms. The molecule has 1 amide bonds. The topological polar surface area (TPSA) is 79.2 Å². The molecule has 0 saturated heterocycles. The Morgan fingerprint density at radius 2 is 2.28 bits per heavy atom. The van der Waals surface area contributed by atoms with Gasteiger partial charge < -0.3 is 10.1 Å². The van der Waals surface area contributed by atoms with Crippen LogP contribution < -0.4 is 5.32 Å². The Hall–Kier alpha value is -2.13. The Balaban J connectivity index is 1.55. The monoisotopic (exact) mass is 358 g/mol. The third kappa shape index (κ3) is 4.29. The summed E-state index contributed by atoms with van der Waals surface area (Å²) in [5.74, 6) is 0.0866. The fourth-order valence-corrected chi connectivity index (χ4v) is 4.78. The number of rotatable bonds is 5. The van der Waals surface area contributed by atoms with E-state index in [0.29, 0.717) is 22.9 Å². The number of nitrogens with zero attached hydrogens (tertiary/aromatic N) is 1. The van der Waals surface area contributed by atoms with E-state index in [1.165, 1.54) is 16.2 Å². The van der Waals surface area contributed by atoms with Crippen molar-refractivity contribution in [1.82, 2.24) is 0 Å². The minimum absolute atomic E-state index is 0.228. The normalized spacial score (nSPS) is 21.4. The highest BCUT2D eigenvalue weighted by atomic mass is 32.1. The molecular weight excluding hydrogens is 336 g/mol. The van der Waals surface area contributed by atoms with Gasteiger partial charge in [0.2, 0.25) is 0 Å². The van der Waals surface area contributed by atoms with Gasteiger partial charge in [0.25, 0.3) is 5.91 Å². The summed E-state index contributed by atoms with van der Waals surface area (Å²) in [6.45, 7) is 1.89. The van der Waals surface area contributed by atoms with Gasteiger partial charge in [0.15, 0.2) is 6.61 Å².